The molecule has 0 aliphatic carbocycles. The van der Waals surface area contributed by atoms with Crippen molar-refractivity contribution >= 4 is 11.6 Å². The van der Waals surface area contributed by atoms with Gasteiger partial charge in [-0.3, -0.25) is 0 Å². The number of nitrogens with zero attached hydrogens (tertiary/aromatic N) is 2. The van der Waals surface area contributed by atoms with Crippen molar-refractivity contribution in [2.75, 3.05) is 13.2 Å². The number of benzene rings is 1. The van der Waals surface area contributed by atoms with Crippen LogP contribution in [0.2, 0.25) is 5.15 Å². The Labute approximate surface area is 118 Å². The highest BCUT2D eigenvalue weighted by Crippen LogP contribution is 2.12. The van der Waals surface area contributed by atoms with Crippen LogP contribution in [0.25, 0.3) is 0 Å². The summed E-state index contributed by atoms with van der Waals surface area (Å²) in [6, 6.07) is 8.04. The highest BCUT2D eigenvalue weighted by atomic mass is 35.5. The second-order valence-electron chi connectivity index (χ2n) is 4.40. The van der Waals surface area contributed by atoms with Gasteiger partial charge < -0.3 is 14.6 Å². The van der Waals surface area contributed by atoms with Gasteiger partial charge in [-0.1, -0.05) is 23.7 Å². The summed E-state index contributed by atoms with van der Waals surface area (Å²) in [5, 5.41) is 3.92. The molecule has 1 aromatic carbocycles. The number of halogens is 1. The number of hydrogen-bond acceptors (Lipinski definition) is 3. The zero-order valence-electron chi connectivity index (χ0n) is 11.2. The van der Waals surface area contributed by atoms with E-state index < -0.39 is 0 Å². The summed E-state index contributed by atoms with van der Waals surface area (Å²) < 4.78 is 7.50. The molecule has 0 unspecified atom stereocenters. The van der Waals surface area contributed by atoms with Crippen LogP contribution in [0, 0.1) is 6.92 Å². The maximum Gasteiger partial charge on any atom is 0.128 e. The van der Waals surface area contributed by atoms with E-state index in [0.29, 0.717) is 18.3 Å². The van der Waals surface area contributed by atoms with Gasteiger partial charge in [0.1, 0.15) is 23.3 Å². The fourth-order valence-electron chi connectivity index (χ4n) is 1.73. The highest BCUT2D eigenvalue weighted by molar-refractivity contribution is 6.29. The number of imidazole rings is 1. The van der Waals surface area contributed by atoms with E-state index in [0.717, 1.165) is 18.1 Å². The molecule has 2 aromatic rings. The molecule has 4 nitrogen and oxygen atoms in total. The number of rotatable bonds is 6. The van der Waals surface area contributed by atoms with E-state index in [4.69, 9.17) is 16.3 Å². The molecule has 0 bridgehead atoms. The Morgan fingerprint density at radius 2 is 2.26 bits per heavy atom. The molecule has 19 heavy (non-hydrogen) atoms. The van der Waals surface area contributed by atoms with Crippen molar-refractivity contribution in [1.29, 1.82) is 0 Å². The van der Waals surface area contributed by atoms with E-state index in [-0.39, 0.29) is 0 Å². The van der Waals surface area contributed by atoms with Crippen LogP contribution in [0.5, 0.6) is 5.75 Å². The van der Waals surface area contributed by atoms with Gasteiger partial charge in [-0.15, -0.1) is 0 Å². The fraction of sp³-hybridized carbons (Fsp3) is 0.357. The standard InChI is InChI=1S/C14H18ClN3O/c1-11-4-3-5-12(8-11)19-7-6-16-10-14-17-9-13(15)18(14)2/h3-5,8-9,16H,6-7,10H2,1-2H3. The maximum absolute atomic E-state index is 5.91. The molecule has 0 radical (unpaired) electrons. The third-order valence-electron chi connectivity index (χ3n) is 2.85. The summed E-state index contributed by atoms with van der Waals surface area (Å²) in [4.78, 5) is 4.21. The van der Waals surface area contributed by atoms with Crippen molar-refractivity contribution in [3.8, 4) is 5.75 Å². The van der Waals surface area contributed by atoms with Gasteiger partial charge in [-0.2, -0.15) is 0 Å². The Kier molecular flexibility index (Phi) is 4.82. The molecule has 5 heteroatoms. The zero-order valence-corrected chi connectivity index (χ0v) is 11.9. The monoisotopic (exact) mass is 279 g/mol. The van der Waals surface area contributed by atoms with E-state index in [1.807, 2.05) is 29.8 Å². The number of hydrogen-bond donors (Lipinski definition) is 1. The van der Waals surface area contributed by atoms with Gasteiger partial charge in [-0.25, -0.2) is 4.98 Å². The molecule has 0 aliphatic rings. The van der Waals surface area contributed by atoms with Crippen LogP contribution in [-0.2, 0) is 13.6 Å². The van der Waals surface area contributed by atoms with E-state index in [1.54, 1.807) is 6.20 Å². The van der Waals surface area contributed by atoms with Crippen molar-refractivity contribution in [2.45, 2.75) is 13.5 Å². The minimum atomic E-state index is 0.627. The normalized spacial score (nSPS) is 10.7. The quantitative estimate of drug-likeness (QED) is 0.826. The van der Waals surface area contributed by atoms with Crippen LogP contribution in [0.3, 0.4) is 0 Å². The Morgan fingerprint density at radius 3 is 2.95 bits per heavy atom. The lowest BCUT2D eigenvalue weighted by atomic mass is 10.2. The van der Waals surface area contributed by atoms with Gasteiger partial charge in [0.15, 0.2) is 0 Å². The van der Waals surface area contributed by atoms with Crippen molar-refractivity contribution in [3.63, 3.8) is 0 Å². The Bertz CT molecular complexity index is 539. The first kappa shape index (κ1) is 13.9. The molecular weight excluding hydrogens is 262 g/mol. The van der Waals surface area contributed by atoms with E-state index in [2.05, 4.69) is 23.3 Å². The lowest BCUT2D eigenvalue weighted by Crippen LogP contribution is -2.22. The molecule has 0 saturated heterocycles. The number of nitrogens with one attached hydrogen (secondary N) is 1. The summed E-state index contributed by atoms with van der Waals surface area (Å²) in [6.07, 6.45) is 1.65. The third kappa shape index (κ3) is 3.98. The molecule has 0 spiro atoms. The molecule has 0 atom stereocenters. The Balaban J connectivity index is 1.69. The van der Waals surface area contributed by atoms with Gasteiger partial charge in [0.25, 0.3) is 0 Å². The first-order valence-corrected chi connectivity index (χ1v) is 6.61. The molecule has 2 rings (SSSR count). The van der Waals surface area contributed by atoms with Crippen LogP contribution in [0.15, 0.2) is 30.5 Å². The molecule has 1 N–H and O–H groups in total. The highest BCUT2D eigenvalue weighted by Gasteiger charge is 2.03. The summed E-state index contributed by atoms with van der Waals surface area (Å²) >= 11 is 5.91. The second kappa shape index (κ2) is 6.59. The summed E-state index contributed by atoms with van der Waals surface area (Å²) in [5.74, 6) is 1.82. The van der Waals surface area contributed by atoms with E-state index in [9.17, 15) is 0 Å². The SMILES string of the molecule is Cc1cccc(OCCNCc2ncc(Cl)n2C)c1. The molecule has 0 amide bonds. The summed E-state index contributed by atoms with van der Waals surface area (Å²) in [5.41, 5.74) is 1.20. The second-order valence-corrected chi connectivity index (χ2v) is 4.79. The first-order valence-electron chi connectivity index (χ1n) is 6.23. The maximum atomic E-state index is 5.91. The van der Waals surface area contributed by atoms with Crippen LogP contribution in [0.1, 0.15) is 11.4 Å². The topological polar surface area (TPSA) is 39.1 Å². The van der Waals surface area contributed by atoms with Crippen LogP contribution >= 0.6 is 11.6 Å². The Hall–Kier alpha value is -1.52. The number of aromatic nitrogens is 2. The van der Waals surface area contributed by atoms with Crippen molar-refractivity contribution in [1.82, 2.24) is 14.9 Å². The molecule has 102 valence electrons. The molecule has 0 aliphatic heterocycles. The minimum Gasteiger partial charge on any atom is -0.492 e. The number of aryl methyl sites for hydroxylation is 1. The molecule has 1 heterocycles. The molecule has 0 saturated carbocycles. The zero-order chi connectivity index (χ0) is 13.7. The minimum absolute atomic E-state index is 0.627. The molecule has 0 fully saturated rings. The van der Waals surface area contributed by atoms with E-state index in [1.165, 1.54) is 5.56 Å². The van der Waals surface area contributed by atoms with Gasteiger partial charge in [0.2, 0.25) is 0 Å². The summed E-state index contributed by atoms with van der Waals surface area (Å²) in [7, 11) is 1.90. The van der Waals surface area contributed by atoms with Crippen LogP contribution in [0.4, 0.5) is 0 Å². The third-order valence-corrected chi connectivity index (χ3v) is 3.20. The lowest BCUT2D eigenvalue weighted by molar-refractivity contribution is 0.312. The van der Waals surface area contributed by atoms with Gasteiger partial charge in [-0.05, 0) is 24.6 Å². The average Bonchev–Trinajstić information content (AvgIpc) is 2.70. The van der Waals surface area contributed by atoms with Crippen molar-refractivity contribution < 1.29 is 4.74 Å². The largest absolute Gasteiger partial charge is 0.492 e. The first-order chi connectivity index (χ1) is 9.16. The summed E-state index contributed by atoms with van der Waals surface area (Å²) in [6.45, 7) is 4.12. The van der Waals surface area contributed by atoms with Crippen molar-refractivity contribution in [3.05, 3.63) is 47.0 Å². The van der Waals surface area contributed by atoms with Crippen LogP contribution < -0.4 is 10.1 Å². The van der Waals surface area contributed by atoms with Crippen LogP contribution in [-0.4, -0.2) is 22.7 Å². The Morgan fingerprint density at radius 1 is 1.42 bits per heavy atom. The van der Waals surface area contributed by atoms with Crippen molar-refractivity contribution in [2.24, 2.45) is 7.05 Å². The van der Waals surface area contributed by atoms with Gasteiger partial charge in [0, 0.05) is 13.6 Å². The van der Waals surface area contributed by atoms with Gasteiger partial charge >= 0.3 is 0 Å². The van der Waals surface area contributed by atoms with Gasteiger partial charge in [0.05, 0.1) is 12.7 Å². The molecule has 1 aromatic heterocycles. The number of ether oxygens (including phenoxy) is 1. The predicted octanol–water partition coefficient (Wildman–Crippen LogP) is 2.55. The average molecular weight is 280 g/mol. The lowest BCUT2D eigenvalue weighted by Gasteiger charge is -2.08. The fourth-order valence-corrected chi connectivity index (χ4v) is 1.88. The predicted molar refractivity (Wildman–Crippen MR) is 76.6 cm³/mol. The molecular formula is C14H18ClN3O. The van der Waals surface area contributed by atoms with E-state index >= 15 is 0 Å². The smallest absolute Gasteiger partial charge is 0.128 e.